The molecule has 1 rings (SSSR count). The van der Waals surface area contributed by atoms with E-state index in [0.29, 0.717) is 16.1 Å². The number of hydrogen-bond acceptors (Lipinski definition) is 1. The summed E-state index contributed by atoms with van der Waals surface area (Å²) in [7, 11) is 0. The Morgan fingerprint density at radius 3 is 1.54 bits per heavy atom. The van der Waals surface area contributed by atoms with Crippen LogP contribution in [0.25, 0.3) is 0 Å². The van der Waals surface area contributed by atoms with E-state index in [1.807, 2.05) is 13.8 Å². The molecule has 0 N–H and O–H groups in total. The SMILES string of the molecule is C=CC1CCCC1.CC(C)(C)C.CC(C)C/C=C\CCC(C)(C)C.CC(C)S. The molecule has 1 aliphatic carbocycles. The summed E-state index contributed by atoms with van der Waals surface area (Å²) in [6.45, 7) is 28.0. The number of allylic oxidation sites excluding steroid dienone is 3. The third-order valence-electron chi connectivity index (χ3n) is 3.57. The quantitative estimate of drug-likeness (QED) is 0.337. The first-order chi connectivity index (χ1) is 12.6. The molecule has 1 heteroatoms. The Morgan fingerprint density at radius 1 is 0.893 bits per heavy atom. The van der Waals surface area contributed by atoms with Crippen LogP contribution in [0.5, 0.6) is 0 Å². The number of hydrogen-bond donors (Lipinski definition) is 1. The minimum Gasteiger partial charge on any atom is -0.177 e. The summed E-state index contributed by atoms with van der Waals surface area (Å²) in [5.41, 5.74) is 0.988. The van der Waals surface area contributed by atoms with Crippen LogP contribution >= 0.6 is 12.6 Å². The molecular formula is C27H56S. The van der Waals surface area contributed by atoms with Crippen LogP contribution in [0.3, 0.4) is 0 Å². The Balaban J connectivity index is -0.000000330. The molecule has 0 nitrogen and oxygen atoms in total. The van der Waals surface area contributed by atoms with Gasteiger partial charge in [0.1, 0.15) is 0 Å². The molecular weight excluding hydrogens is 356 g/mol. The van der Waals surface area contributed by atoms with Crippen molar-refractivity contribution >= 4 is 12.6 Å². The molecule has 0 aromatic carbocycles. The first-order valence-corrected chi connectivity index (χ1v) is 12.1. The van der Waals surface area contributed by atoms with Crippen LogP contribution in [-0.2, 0) is 0 Å². The van der Waals surface area contributed by atoms with E-state index in [-0.39, 0.29) is 0 Å². The van der Waals surface area contributed by atoms with Crippen molar-refractivity contribution in [1.29, 1.82) is 0 Å². The third kappa shape index (κ3) is 50.1. The van der Waals surface area contributed by atoms with Crippen molar-refractivity contribution in [2.24, 2.45) is 22.7 Å². The highest BCUT2D eigenvalue weighted by atomic mass is 32.1. The van der Waals surface area contributed by atoms with Gasteiger partial charge < -0.3 is 0 Å². The summed E-state index contributed by atoms with van der Waals surface area (Å²) in [6.07, 6.45) is 16.1. The molecule has 1 aliphatic rings. The highest BCUT2D eigenvalue weighted by Gasteiger charge is 2.09. The zero-order chi connectivity index (χ0) is 22.8. The normalized spacial score (nSPS) is 14.8. The Bertz CT molecular complexity index is 335. The molecule has 0 radical (unpaired) electrons. The summed E-state index contributed by atoms with van der Waals surface area (Å²) in [4.78, 5) is 0. The van der Waals surface area contributed by atoms with Gasteiger partial charge in [0.05, 0.1) is 0 Å². The smallest absolute Gasteiger partial charge is 0.00399 e. The van der Waals surface area contributed by atoms with Crippen LogP contribution in [0.15, 0.2) is 24.8 Å². The van der Waals surface area contributed by atoms with Gasteiger partial charge in [-0.2, -0.15) is 12.6 Å². The number of thiol groups is 1. The largest absolute Gasteiger partial charge is 0.177 e. The van der Waals surface area contributed by atoms with Crippen molar-refractivity contribution in [2.45, 2.75) is 126 Å². The molecule has 0 saturated heterocycles. The Hall–Kier alpha value is -0.170. The van der Waals surface area contributed by atoms with Crippen LogP contribution in [-0.4, -0.2) is 5.25 Å². The van der Waals surface area contributed by atoms with Gasteiger partial charge in [0.25, 0.3) is 0 Å². The minimum absolute atomic E-state index is 0.488. The van der Waals surface area contributed by atoms with E-state index in [1.165, 1.54) is 44.9 Å². The molecule has 1 saturated carbocycles. The third-order valence-corrected chi connectivity index (χ3v) is 3.57. The maximum Gasteiger partial charge on any atom is -0.00399 e. The second kappa shape index (κ2) is 18.8. The molecule has 28 heavy (non-hydrogen) atoms. The molecule has 0 aliphatic heterocycles. The van der Waals surface area contributed by atoms with Crippen molar-refractivity contribution < 1.29 is 0 Å². The first-order valence-electron chi connectivity index (χ1n) is 11.5. The summed E-state index contributed by atoms with van der Waals surface area (Å²) < 4.78 is 0. The summed E-state index contributed by atoms with van der Waals surface area (Å²) in [6, 6.07) is 0. The average Bonchev–Trinajstić information content (AvgIpc) is 2.97. The van der Waals surface area contributed by atoms with Gasteiger partial charge in [0.15, 0.2) is 0 Å². The lowest BCUT2D eigenvalue weighted by Crippen LogP contribution is -2.02. The molecule has 0 amide bonds. The fourth-order valence-corrected chi connectivity index (χ4v) is 2.20. The van der Waals surface area contributed by atoms with Crippen molar-refractivity contribution in [3.8, 4) is 0 Å². The molecule has 0 spiro atoms. The van der Waals surface area contributed by atoms with Crippen molar-refractivity contribution in [3.05, 3.63) is 24.8 Å². The summed E-state index contributed by atoms with van der Waals surface area (Å²) in [5.74, 6) is 1.66. The zero-order valence-corrected chi connectivity index (χ0v) is 22.5. The first kappa shape index (κ1) is 32.5. The fraction of sp³-hybridized carbons (Fsp3) is 0.852. The molecule has 0 aromatic heterocycles. The van der Waals surface area contributed by atoms with Crippen LogP contribution in [0.1, 0.15) is 121 Å². The Labute approximate surface area is 186 Å². The average molecular weight is 413 g/mol. The zero-order valence-electron chi connectivity index (χ0n) is 21.6. The standard InChI is InChI=1S/C12H24.C7H12.C5H12.C3H8S/c1-11(2)9-7-6-8-10-12(3,4)5;1-2-7-5-3-4-6-7;1-5(2,3)4;1-3(2)4/h6-7,11H,8-10H2,1-5H3;2,7H,1,3-6H2;1-4H3;3-4H,1-2H3/b7-6-;;;. The van der Waals surface area contributed by atoms with Gasteiger partial charge in [0.2, 0.25) is 0 Å². The van der Waals surface area contributed by atoms with Gasteiger partial charge >= 0.3 is 0 Å². The fourth-order valence-electron chi connectivity index (χ4n) is 2.20. The van der Waals surface area contributed by atoms with Gasteiger partial charge in [-0.3, -0.25) is 0 Å². The van der Waals surface area contributed by atoms with E-state index in [4.69, 9.17) is 0 Å². The minimum atomic E-state index is 0.488. The molecule has 0 heterocycles. The molecule has 1 fully saturated rings. The lowest BCUT2D eigenvalue weighted by atomic mass is 9.90. The molecule has 0 bridgehead atoms. The molecule has 0 unspecified atom stereocenters. The predicted molar refractivity (Wildman–Crippen MR) is 139 cm³/mol. The summed E-state index contributed by atoms with van der Waals surface area (Å²) in [5, 5.41) is 0.528. The second-order valence-electron chi connectivity index (χ2n) is 11.6. The van der Waals surface area contributed by atoms with Crippen LogP contribution in [0, 0.1) is 22.7 Å². The maximum absolute atomic E-state index is 3.97. The number of rotatable bonds is 5. The van der Waals surface area contributed by atoms with Crippen LogP contribution in [0.4, 0.5) is 0 Å². The van der Waals surface area contributed by atoms with Crippen molar-refractivity contribution in [1.82, 2.24) is 0 Å². The van der Waals surface area contributed by atoms with Gasteiger partial charge in [0, 0.05) is 0 Å². The van der Waals surface area contributed by atoms with Crippen LogP contribution in [0.2, 0.25) is 0 Å². The molecule has 0 aromatic rings. The highest BCUT2D eigenvalue weighted by molar-refractivity contribution is 7.80. The maximum atomic E-state index is 3.97. The van der Waals surface area contributed by atoms with Crippen molar-refractivity contribution in [2.75, 3.05) is 0 Å². The van der Waals surface area contributed by atoms with E-state index >= 15 is 0 Å². The molecule has 170 valence electrons. The van der Waals surface area contributed by atoms with Crippen molar-refractivity contribution in [3.63, 3.8) is 0 Å². The van der Waals surface area contributed by atoms with Crippen LogP contribution < -0.4 is 0 Å². The van der Waals surface area contributed by atoms with E-state index in [1.54, 1.807) is 0 Å². The van der Waals surface area contributed by atoms with Gasteiger partial charge in [-0.1, -0.05) is 107 Å². The lowest BCUT2D eigenvalue weighted by molar-refractivity contribution is 0.381. The topological polar surface area (TPSA) is 0 Å². The highest BCUT2D eigenvalue weighted by Crippen LogP contribution is 2.24. The molecule has 0 atom stereocenters. The van der Waals surface area contributed by atoms with E-state index in [9.17, 15) is 0 Å². The lowest BCUT2D eigenvalue weighted by Gasteiger charge is -2.15. The van der Waals surface area contributed by atoms with E-state index in [0.717, 1.165) is 11.8 Å². The monoisotopic (exact) mass is 412 g/mol. The van der Waals surface area contributed by atoms with Gasteiger partial charge in [-0.05, 0) is 60.0 Å². The van der Waals surface area contributed by atoms with Gasteiger partial charge in [-0.25, -0.2) is 0 Å². The predicted octanol–water partition coefficient (Wildman–Crippen LogP) is 10.2. The van der Waals surface area contributed by atoms with E-state index in [2.05, 4.69) is 99.7 Å². The second-order valence-corrected chi connectivity index (χ2v) is 12.6. The Morgan fingerprint density at radius 2 is 1.29 bits per heavy atom. The Kier molecular flexibility index (Phi) is 21.9. The van der Waals surface area contributed by atoms with E-state index < -0.39 is 0 Å². The van der Waals surface area contributed by atoms with Gasteiger partial charge in [-0.15, -0.1) is 6.58 Å². The summed E-state index contributed by atoms with van der Waals surface area (Å²) >= 11 is 3.97.